The van der Waals surface area contributed by atoms with Crippen molar-refractivity contribution in [3.63, 3.8) is 0 Å². The molecule has 0 amide bonds. The maximum Gasteiger partial charge on any atom is 0.419 e. The van der Waals surface area contributed by atoms with Crippen molar-refractivity contribution in [3.8, 4) is 0 Å². The highest BCUT2D eigenvalue weighted by Crippen LogP contribution is 2.17. The van der Waals surface area contributed by atoms with E-state index in [1.165, 1.54) is 29.8 Å². The molecular weight excluding hydrogens is 300 g/mol. The van der Waals surface area contributed by atoms with Crippen LogP contribution >= 0.6 is 0 Å². The number of fused-ring (bicyclic) bond motifs is 1. The molecule has 9 heteroatoms. The molecule has 0 radical (unpaired) electrons. The number of nitrogens with one attached hydrogen (secondary N) is 1. The third-order valence-corrected chi connectivity index (χ3v) is 4.39. The SMILES string of the molecule is Cn1c(=O)oc2cc(S(=O)(=O)NCCCC(=O)O)ccc21. The Morgan fingerprint density at radius 2 is 2.14 bits per heavy atom. The maximum absolute atomic E-state index is 12.0. The van der Waals surface area contributed by atoms with E-state index >= 15 is 0 Å². The van der Waals surface area contributed by atoms with E-state index in [4.69, 9.17) is 9.52 Å². The van der Waals surface area contributed by atoms with Crippen LogP contribution in [-0.4, -0.2) is 30.6 Å². The van der Waals surface area contributed by atoms with Crippen LogP contribution < -0.4 is 10.5 Å². The second-order valence-electron chi connectivity index (χ2n) is 4.45. The van der Waals surface area contributed by atoms with Crippen molar-refractivity contribution in [2.75, 3.05) is 6.54 Å². The minimum atomic E-state index is -3.77. The Balaban J connectivity index is 2.20. The molecule has 0 saturated carbocycles. The van der Waals surface area contributed by atoms with Crippen molar-refractivity contribution >= 4 is 27.1 Å². The van der Waals surface area contributed by atoms with Gasteiger partial charge in [-0.15, -0.1) is 0 Å². The number of oxazole rings is 1. The van der Waals surface area contributed by atoms with Gasteiger partial charge < -0.3 is 9.52 Å². The lowest BCUT2D eigenvalue weighted by atomic mass is 10.3. The van der Waals surface area contributed by atoms with E-state index in [9.17, 15) is 18.0 Å². The predicted molar refractivity (Wildman–Crippen MR) is 73.5 cm³/mol. The number of sulfonamides is 1. The van der Waals surface area contributed by atoms with Gasteiger partial charge in [-0.25, -0.2) is 17.9 Å². The molecule has 2 N–H and O–H groups in total. The average Bonchev–Trinajstić information content (AvgIpc) is 2.70. The number of aromatic nitrogens is 1. The molecule has 0 spiro atoms. The highest BCUT2D eigenvalue weighted by molar-refractivity contribution is 7.89. The van der Waals surface area contributed by atoms with Gasteiger partial charge in [0.15, 0.2) is 5.58 Å². The maximum atomic E-state index is 12.0. The van der Waals surface area contributed by atoms with Gasteiger partial charge in [-0.05, 0) is 18.6 Å². The third kappa shape index (κ3) is 3.31. The predicted octanol–water partition coefficient (Wildman–Crippen LogP) is 0.275. The summed E-state index contributed by atoms with van der Waals surface area (Å²) in [5.74, 6) is -1.56. The first-order chi connectivity index (χ1) is 9.81. The van der Waals surface area contributed by atoms with Gasteiger partial charge in [0.1, 0.15) is 0 Å². The normalized spacial score (nSPS) is 11.9. The molecule has 1 heterocycles. The Bertz CT molecular complexity index is 833. The minimum Gasteiger partial charge on any atom is -0.481 e. The Morgan fingerprint density at radius 1 is 1.43 bits per heavy atom. The van der Waals surface area contributed by atoms with Crippen LogP contribution in [0.2, 0.25) is 0 Å². The zero-order valence-corrected chi connectivity index (χ0v) is 12.0. The quantitative estimate of drug-likeness (QED) is 0.739. The smallest absolute Gasteiger partial charge is 0.419 e. The van der Waals surface area contributed by atoms with Crippen LogP contribution in [0.25, 0.3) is 11.1 Å². The monoisotopic (exact) mass is 314 g/mol. The number of aliphatic carboxylic acids is 1. The summed E-state index contributed by atoms with van der Waals surface area (Å²) in [5, 5.41) is 8.49. The fourth-order valence-corrected chi connectivity index (χ4v) is 2.90. The van der Waals surface area contributed by atoms with Crippen LogP contribution in [0.1, 0.15) is 12.8 Å². The molecular formula is C12H14N2O6S. The van der Waals surface area contributed by atoms with Gasteiger partial charge in [-0.1, -0.05) is 0 Å². The molecule has 0 fully saturated rings. The molecule has 2 aromatic rings. The number of nitrogens with zero attached hydrogens (tertiary/aromatic N) is 1. The molecule has 0 aliphatic carbocycles. The molecule has 2 rings (SSSR count). The number of benzene rings is 1. The molecule has 1 aromatic heterocycles. The minimum absolute atomic E-state index is 0.0193. The average molecular weight is 314 g/mol. The number of aryl methyl sites for hydroxylation is 1. The molecule has 0 saturated heterocycles. The van der Waals surface area contributed by atoms with Gasteiger partial charge >= 0.3 is 11.7 Å². The highest BCUT2D eigenvalue weighted by Gasteiger charge is 2.16. The Labute approximate surface area is 120 Å². The molecule has 0 aliphatic heterocycles. The molecule has 8 nitrogen and oxygen atoms in total. The summed E-state index contributed by atoms with van der Waals surface area (Å²) in [7, 11) is -2.25. The van der Waals surface area contributed by atoms with E-state index in [2.05, 4.69) is 4.72 Å². The zero-order chi connectivity index (χ0) is 15.6. The van der Waals surface area contributed by atoms with E-state index in [0.717, 1.165) is 0 Å². The van der Waals surface area contributed by atoms with Crippen LogP contribution in [0.3, 0.4) is 0 Å². The number of carboxylic acid groups (broad SMARTS) is 1. The molecule has 21 heavy (non-hydrogen) atoms. The lowest BCUT2D eigenvalue weighted by molar-refractivity contribution is -0.137. The molecule has 0 atom stereocenters. The van der Waals surface area contributed by atoms with Crippen molar-refractivity contribution in [2.45, 2.75) is 17.7 Å². The molecule has 114 valence electrons. The Morgan fingerprint density at radius 3 is 2.81 bits per heavy atom. The van der Waals surface area contributed by atoms with Crippen LogP contribution in [0.4, 0.5) is 0 Å². The van der Waals surface area contributed by atoms with E-state index in [-0.39, 0.29) is 29.9 Å². The lowest BCUT2D eigenvalue weighted by Crippen LogP contribution is -2.25. The van der Waals surface area contributed by atoms with Gasteiger partial charge in [0.2, 0.25) is 10.0 Å². The van der Waals surface area contributed by atoms with E-state index < -0.39 is 21.7 Å². The zero-order valence-electron chi connectivity index (χ0n) is 11.2. The Kier molecular flexibility index (Phi) is 4.14. The van der Waals surface area contributed by atoms with E-state index in [1.54, 1.807) is 0 Å². The van der Waals surface area contributed by atoms with Crippen LogP contribution in [0.15, 0.2) is 32.3 Å². The van der Waals surface area contributed by atoms with E-state index in [1.807, 2.05) is 0 Å². The van der Waals surface area contributed by atoms with Crippen molar-refractivity contribution in [3.05, 3.63) is 28.7 Å². The topological polar surface area (TPSA) is 119 Å². The van der Waals surface area contributed by atoms with Gasteiger partial charge in [-0.3, -0.25) is 9.36 Å². The van der Waals surface area contributed by atoms with Crippen molar-refractivity contribution in [2.24, 2.45) is 7.05 Å². The van der Waals surface area contributed by atoms with Crippen molar-refractivity contribution < 1.29 is 22.7 Å². The second kappa shape index (κ2) is 5.70. The van der Waals surface area contributed by atoms with Crippen molar-refractivity contribution in [1.29, 1.82) is 0 Å². The first-order valence-electron chi connectivity index (χ1n) is 6.12. The molecule has 0 bridgehead atoms. The number of carboxylic acids is 1. The van der Waals surface area contributed by atoms with Gasteiger partial charge in [0.05, 0.1) is 10.4 Å². The summed E-state index contributed by atoms with van der Waals surface area (Å²) in [4.78, 5) is 21.7. The summed E-state index contributed by atoms with van der Waals surface area (Å²) >= 11 is 0. The van der Waals surface area contributed by atoms with Crippen LogP contribution in [-0.2, 0) is 21.9 Å². The van der Waals surface area contributed by atoms with Gasteiger partial charge in [-0.2, -0.15) is 0 Å². The van der Waals surface area contributed by atoms with E-state index in [0.29, 0.717) is 5.52 Å². The van der Waals surface area contributed by atoms with Crippen LogP contribution in [0, 0.1) is 0 Å². The summed E-state index contributed by atoms with van der Waals surface area (Å²) < 4.78 is 32.6. The van der Waals surface area contributed by atoms with Crippen molar-refractivity contribution in [1.82, 2.24) is 9.29 Å². The van der Waals surface area contributed by atoms with Gasteiger partial charge in [0, 0.05) is 26.1 Å². The molecule has 0 aliphatic rings. The highest BCUT2D eigenvalue weighted by atomic mass is 32.2. The molecule has 1 aromatic carbocycles. The Hall–Kier alpha value is -2.13. The fraction of sp³-hybridized carbons (Fsp3) is 0.333. The summed E-state index contributed by atoms with van der Waals surface area (Å²) in [6, 6.07) is 4.10. The molecule has 0 unspecified atom stereocenters. The standard InChI is InChI=1S/C12H14N2O6S/c1-14-9-5-4-8(7-10(9)20-12(14)17)21(18,19)13-6-2-3-11(15)16/h4-5,7,13H,2-3,6H2,1H3,(H,15,16). The number of hydrogen-bond acceptors (Lipinski definition) is 5. The van der Waals surface area contributed by atoms with Gasteiger partial charge in [0.25, 0.3) is 0 Å². The number of hydrogen-bond donors (Lipinski definition) is 2. The summed E-state index contributed by atoms with van der Waals surface area (Å²) in [5.41, 5.74) is 0.667. The summed E-state index contributed by atoms with van der Waals surface area (Å²) in [6.45, 7) is 0.0193. The lowest BCUT2D eigenvalue weighted by Gasteiger charge is -2.05. The largest absolute Gasteiger partial charge is 0.481 e. The fourth-order valence-electron chi connectivity index (χ4n) is 1.81. The third-order valence-electron chi connectivity index (χ3n) is 2.93. The first kappa shape index (κ1) is 15.3. The second-order valence-corrected chi connectivity index (χ2v) is 6.22. The summed E-state index contributed by atoms with van der Waals surface area (Å²) in [6.07, 6.45) is 0.0757. The number of rotatable bonds is 6. The first-order valence-corrected chi connectivity index (χ1v) is 7.60. The van der Waals surface area contributed by atoms with Crippen LogP contribution in [0.5, 0.6) is 0 Å². The number of carbonyl (C=O) groups is 1.